The van der Waals surface area contributed by atoms with Gasteiger partial charge in [-0.3, -0.25) is 0 Å². The van der Waals surface area contributed by atoms with Crippen molar-refractivity contribution in [2.24, 2.45) is 5.92 Å². The number of rotatable bonds is 4. The molecule has 0 aromatic heterocycles. The molecule has 0 aliphatic heterocycles. The van der Waals surface area contributed by atoms with Gasteiger partial charge in [-0.25, -0.2) is 13.6 Å². The van der Waals surface area contributed by atoms with Crippen molar-refractivity contribution >= 4 is 11.5 Å². The number of carboxylic acids is 1. The fourth-order valence-corrected chi connectivity index (χ4v) is 2.77. The minimum atomic E-state index is -1.45. The molecule has 1 atom stereocenters. The zero-order valence-corrected chi connectivity index (χ0v) is 11.5. The van der Waals surface area contributed by atoms with Gasteiger partial charge in [0.1, 0.15) is 0 Å². The van der Waals surface area contributed by atoms with Gasteiger partial charge >= 0.3 is 5.97 Å². The third kappa shape index (κ3) is 2.89. The van der Waals surface area contributed by atoms with Crippen LogP contribution in [0.1, 0.15) is 54.9 Å². The SMILES string of the molecule is CCCC1CC=C(c2ccc(C(=O)O)c(F)c2F)CC1. The number of carbonyl (C=O) groups is 1. The summed E-state index contributed by atoms with van der Waals surface area (Å²) in [5.41, 5.74) is 0.361. The van der Waals surface area contributed by atoms with Crippen molar-refractivity contribution in [3.8, 4) is 0 Å². The molecule has 2 rings (SSSR count). The Bertz CT molecular complexity index is 550. The number of allylic oxidation sites excluding steroid dienone is 2. The molecule has 108 valence electrons. The molecule has 0 radical (unpaired) electrons. The van der Waals surface area contributed by atoms with E-state index in [1.165, 1.54) is 6.07 Å². The lowest BCUT2D eigenvalue weighted by atomic mass is 9.84. The van der Waals surface area contributed by atoms with Crippen LogP contribution in [0.2, 0.25) is 0 Å². The maximum absolute atomic E-state index is 14.0. The molecule has 2 nitrogen and oxygen atoms in total. The summed E-state index contributed by atoms with van der Waals surface area (Å²) in [4.78, 5) is 10.8. The minimum Gasteiger partial charge on any atom is -0.478 e. The Morgan fingerprint density at radius 1 is 1.35 bits per heavy atom. The highest BCUT2D eigenvalue weighted by molar-refractivity contribution is 5.88. The van der Waals surface area contributed by atoms with E-state index in [-0.39, 0.29) is 5.56 Å². The maximum Gasteiger partial charge on any atom is 0.338 e. The smallest absolute Gasteiger partial charge is 0.338 e. The van der Waals surface area contributed by atoms with Gasteiger partial charge in [-0.15, -0.1) is 0 Å². The van der Waals surface area contributed by atoms with Crippen LogP contribution < -0.4 is 0 Å². The molecule has 0 fully saturated rings. The summed E-state index contributed by atoms with van der Waals surface area (Å²) in [6.07, 6.45) is 6.81. The van der Waals surface area contributed by atoms with Crippen LogP contribution in [0.4, 0.5) is 8.78 Å². The van der Waals surface area contributed by atoms with Crippen LogP contribution in [-0.2, 0) is 0 Å². The third-order valence-electron chi connectivity index (χ3n) is 3.88. The summed E-state index contributed by atoms with van der Waals surface area (Å²) in [6.45, 7) is 2.14. The molecule has 1 aromatic carbocycles. The van der Waals surface area contributed by atoms with Gasteiger partial charge in [-0.1, -0.05) is 31.9 Å². The van der Waals surface area contributed by atoms with E-state index in [9.17, 15) is 13.6 Å². The molecule has 0 heterocycles. The fraction of sp³-hybridized carbons (Fsp3) is 0.438. The molecule has 4 heteroatoms. The first-order valence-electron chi connectivity index (χ1n) is 6.95. The summed E-state index contributed by atoms with van der Waals surface area (Å²) < 4.78 is 27.7. The van der Waals surface area contributed by atoms with Gasteiger partial charge < -0.3 is 5.11 Å². The van der Waals surface area contributed by atoms with Crippen LogP contribution in [0, 0.1) is 17.6 Å². The van der Waals surface area contributed by atoms with Gasteiger partial charge in [-0.05, 0) is 36.8 Å². The summed E-state index contributed by atoms with van der Waals surface area (Å²) in [7, 11) is 0. The summed E-state index contributed by atoms with van der Waals surface area (Å²) in [5, 5.41) is 8.76. The third-order valence-corrected chi connectivity index (χ3v) is 3.88. The van der Waals surface area contributed by atoms with Crippen LogP contribution in [0.3, 0.4) is 0 Å². The Kier molecular flexibility index (Phi) is 4.53. The first-order valence-corrected chi connectivity index (χ1v) is 6.95. The van der Waals surface area contributed by atoms with E-state index in [0.717, 1.165) is 37.3 Å². The second-order valence-corrected chi connectivity index (χ2v) is 5.25. The molecule has 0 bridgehead atoms. The molecule has 0 saturated carbocycles. The number of hydrogen-bond acceptors (Lipinski definition) is 1. The molecular formula is C16H18F2O2. The van der Waals surface area contributed by atoms with E-state index in [4.69, 9.17) is 5.11 Å². The molecule has 1 unspecified atom stereocenters. The van der Waals surface area contributed by atoms with Crippen molar-refractivity contribution in [3.63, 3.8) is 0 Å². The lowest BCUT2D eigenvalue weighted by Crippen LogP contribution is -2.08. The first kappa shape index (κ1) is 14.7. The molecule has 1 N–H and O–H groups in total. The van der Waals surface area contributed by atoms with Crippen molar-refractivity contribution < 1.29 is 18.7 Å². The van der Waals surface area contributed by atoms with Gasteiger partial charge in [0.2, 0.25) is 0 Å². The van der Waals surface area contributed by atoms with Gasteiger partial charge in [-0.2, -0.15) is 0 Å². The minimum absolute atomic E-state index is 0.197. The summed E-state index contributed by atoms with van der Waals surface area (Å²) in [6, 6.07) is 2.50. The Hall–Kier alpha value is -1.71. The molecule has 20 heavy (non-hydrogen) atoms. The quantitative estimate of drug-likeness (QED) is 0.871. The molecule has 1 aliphatic carbocycles. The lowest BCUT2D eigenvalue weighted by Gasteiger charge is -2.22. The Balaban J connectivity index is 2.27. The second kappa shape index (κ2) is 6.16. The van der Waals surface area contributed by atoms with Crippen LogP contribution in [0.25, 0.3) is 5.57 Å². The molecular weight excluding hydrogens is 262 g/mol. The number of benzene rings is 1. The van der Waals surface area contributed by atoms with Crippen molar-refractivity contribution in [3.05, 3.63) is 41.0 Å². The topological polar surface area (TPSA) is 37.3 Å². The highest BCUT2D eigenvalue weighted by Crippen LogP contribution is 2.34. The average Bonchev–Trinajstić information content (AvgIpc) is 2.43. The highest BCUT2D eigenvalue weighted by Gasteiger charge is 2.22. The van der Waals surface area contributed by atoms with E-state index >= 15 is 0 Å². The van der Waals surface area contributed by atoms with Gasteiger partial charge in [0.25, 0.3) is 0 Å². The summed E-state index contributed by atoms with van der Waals surface area (Å²) in [5.74, 6) is -3.15. The van der Waals surface area contributed by atoms with Crippen molar-refractivity contribution in [1.29, 1.82) is 0 Å². The molecule has 0 spiro atoms. The number of aromatic carboxylic acids is 1. The first-order chi connectivity index (χ1) is 9.54. The normalized spacial score (nSPS) is 18.8. The average molecular weight is 280 g/mol. The predicted octanol–water partition coefficient (Wildman–Crippen LogP) is 4.65. The zero-order chi connectivity index (χ0) is 14.7. The lowest BCUT2D eigenvalue weighted by molar-refractivity contribution is 0.0690. The van der Waals surface area contributed by atoms with Crippen molar-refractivity contribution in [1.82, 2.24) is 0 Å². The Labute approximate surface area is 117 Å². The molecule has 1 aliphatic rings. The van der Waals surface area contributed by atoms with E-state index in [0.29, 0.717) is 12.3 Å². The molecule has 0 saturated heterocycles. The fourth-order valence-electron chi connectivity index (χ4n) is 2.77. The largest absolute Gasteiger partial charge is 0.478 e. The number of hydrogen-bond donors (Lipinski definition) is 1. The van der Waals surface area contributed by atoms with Crippen LogP contribution in [0.15, 0.2) is 18.2 Å². The standard InChI is InChI=1S/C16H18F2O2/c1-2-3-10-4-6-11(7-5-10)12-8-9-13(16(19)20)15(18)14(12)17/h6,8-10H,2-5,7H2,1H3,(H,19,20). The molecule has 1 aromatic rings. The number of halogens is 2. The van der Waals surface area contributed by atoms with Gasteiger partial charge in [0, 0.05) is 5.56 Å². The molecule has 0 amide bonds. The monoisotopic (exact) mass is 280 g/mol. The van der Waals surface area contributed by atoms with Crippen LogP contribution >= 0.6 is 0 Å². The highest BCUT2D eigenvalue weighted by atomic mass is 19.2. The second-order valence-electron chi connectivity index (χ2n) is 5.25. The van der Waals surface area contributed by atoms with E-state index in [2.05, 4.69) is 6.92 Å². The maximum atomic E-state index is 14.0. The van der Waals surface area contributed by atoms with Crippen molar-refractivity contribution in [2.45, 2.75) is 39.0 Å². The van der Waals surface area contributed by atoms with E-state index in [1.807, 2.05) is 6.08 Å². The zero-order valence-electron chi connectivity index (χ0n) is 11.5. The predicted molar refractivity (Wildman–Crippen MR) is 73.5 cm³/mol. The van der Waals surface area contributed by atoms with Gasteiger partial charge in [0.05, 0.1) is 5.56 Å². The summed E-state index contributed by atoms with van der Waals surface area (Å²) >= 11 is 0. The number of carboxylic acid groups (broad SMARTS) is 1. The van der Waals surface area contributed by atoms with Gasteiger partial charge in [0.15, 0.2) is 11.6 Å². The Morgan fingerprint density at radius 2 is 2.10 bits per heavy atom. The van der Waals surface area contributed by atoms with Crippen LogP contribution in [0.5, 0.6) is 0 Å². The van der Waals surface area contributed by atoms with Crippen molar-refractivity contribution in [2.75, 3.05) is 0 Å². The Morgan fingerprint density at radius 3 is 2.65 bits per heavy atom. The van der Waals surface area contributed by atoms with Crippen LogP contribution in [-0.4, -0.2) is 11.1 Å². The van der Waals surface area contributed by atoms with E-state index < -0.39 is 23.2 Å². The van der Waals surface area contributed by atoms with E-state index in [1.54, 1.807) is 0 Å².